The van der Waals surface area contributed by atoms with Gasteiger partial charge >= 0.3 is 0 Å². The van der Waals surface area contributed by atoms with E-state index in [2.05, 4.69) is 43.5 Å². The van der Waals surface area contributed by atoms with Crippen molar-refractivity contribution in [3.05, 3.63) is 29.8 Å². The first-order chi connectivity index (χ1) is 13.4. The van der Waals surface area contributed by atoms with Gasteiger partial charge < -0.3 is 15.4 Å². The van der Waals surface area contributed by atoms with Gasteiger partial charge in [0.2, 0.25) is 0 Å². The molecule has 3 atom stereocenters. The van der Waals surface area contributed by atoms with Gasteiger partial charge in [-0.3, -0.25) is 9.20 Å². The Bertz CT molecular complexity index is 676. The monoisotopic (exact) mass is 407 g/mol. The van der Waals surface area contributed by atoms with Crippen LogP contribution in [-0.2, 0) is 16.2 Å². The van der Waals surface area contributed by atoms with Crippen LogP contribution < -0.4 is 15.4 Å². The minimum absolute atomic E-state index is 0.101. The normalized spacial score (nSPS) is 21.8. The second kappa shape index (κ2) is 10.8. The van der Waals surface area contributed by atoms with E-state index in [9.17, 15) is 4.21 Å². The summed E-state index contributed by atoms with van der Waals surface area (Å²) in [4.78, 5) is 4.88. The zero-order valence-corrected chi connectivity index (χ0v) is 18.9. The third-order valence-corrected chi connectivity index (χ3v) is 7.19. The zero-order chi connectivity index (χ0) is 20.6. The Morgan fingerprint density at radius 3 is 2.79 bits per heavy atom. The van der Waals surface area contributed by atoms with Crippen LogP contribution in [0.25, 0.3) is 0 Å². The molecule has 2 N–H and O–H groups in total. The maximum atomic E-state index is 12.2. The summed E-state index contributed by atoms with van der Waals surface area (Å²) in [6, 6.07) is 8.55. The lowest BCUT2D eigenvalue weighted by Crippen LogP contribution is -2.47. The minimum Gasteiger partial charge on any atom is -0.497 e. The van der Waals surface area contributed by atoms with Crippen molar-refractivity contribution in [2.24, 2.45) is 4.99 Å². The molecule has 0 heterocycles. The van der Waals surface area contributed by atoms with Gasteiger partial charge in [-0.05, 0) is 43.9 Å². The fourth-order valence-electron chi connectivity index (χ4n) is 3.68. The molecule has 28 heavy (non-hydrogen) atoms. The maximum absolute atomic E-state index is 12.2. The van der Waals surface area contributed by atoms with Gasteiger partial charge in [-0.2, -0.15) is 0 Å². The molecule has 0 aromatic heterocycles. The average molecular weight is 408 g/mol. The summed E-state index contributed by atoms with van der Waals surface area (Å²) in [6.45, 7) is 10.0. The van der Waals surface area contributed by atoms with E-state index in [1.807, 2.05) is 19.1 Å². The largest absolute Gasteiger partial charge is 0.497 e. The molecule has 0 radical (unpaired) electrons. The summed E-state index contributed by atoms with van der Waals surface area (Å²) in [5, 5.41) is 7.28. The van der Waals surface area contributed by atoms with Crippen molar-refractivity contribution in [2.75, 3.05) is 26.0 Å². The first kappa shape index (κ1) is 22.7. The number of benzene rings is 1. The third kappa shape index (κ3) is 6.50. The molecule has 1 aromatic rings. The van der Waals surface area contributed by atoms with Crippen molar-refractivity contribution in [1.29, 1.82) is 0 Å². The lowest BCUT2D eigenvalue weighted by atomic mass is 9.84. The van der Waals surface area contributed by atoms with Gasteiger partial charge in [0.25, 0.3) is 0 Å². The van der Waals surface area contributed by atoms with Crippen molar-refractivity contribution < 1.29 is 8.95 Å². The van der Waals surface area contributed by atoms with Gasteiger partial charge in [0.05, 0.1) is 13.7 Å². The van der Waals surface area contributed by atoms with E-state index < -0.39 is 10.8 Å². The Morgan fingerprint density at radius 1 is 1.32 bits per heavy atom. The molecule has 6 heteroatoms. The number of hydrogen-bond donors (Lipinski definition) is 2. The topological polar surface area (TPSA) is 62.7 Å². The molecular weight excluding hydrogens is 370 g/mol. The highest BCUT2D eigenvalue weighted by molar-refractivity contribution is 7.85. The van der Waals surface area contributed by atoms with Crippen molar-refractivity contribution in [2.45, 2.75) is 70.1 Å². The molecule has 1 aliphatic rings. The van der Waals surface area contributed by atoms with Gasteiger partial charge in [0.15, 0.2) is 5.96 Å². The summed E-state index contributed by atoms with van der Waals surface area (Å²) in [5.41, 5.74) is 1.11. The SMILES string of the molecule is CCNC(=NCC(C)(C)c1cccc(OC)c1)NC1CCCC(S(=O)CC)C1. The maximum Gasteiger partial charge on any atom is 0.191 e. The molecule has 1 aromatic carbocycles. The molecule has 2 rings (SSSR count). The highest BCUT2D eigenvalue weighted by atomic mass is 32.2. The fourth-order valence-corrected chi connectivity index (χ4v) is 5.02. The third-order valence-electron chi connectivity index (χ3n) is 5.45. The van der Waals surface area contributed by atoms with Crippen LogP contribution in [0.3, 0.4) is 0 Å². The van der Waals surface area contributed by atoms with Gasteiger partial charge in [0, 0.05) is 39.8 Å². The number of aliphatic imine (C=N–C) groups is 1. The van der Waals surface area contributed by atoms with E-state index >= 15 is 0 Å². The van der Waals surface area contributed by atoms with Gasteiger partial charge in [0.1, 0.15) is 5.75 Å². The predicted octanol–water partition coefficient (Wildman–Crippen LogP) is 3.61. The van der Waals surface area contributed by atoms with Crippen LogP contribution in [0.5, 0.6) is 5.75 Å². The van der Waals surface area contributed by atoms with Crippen LogP contribution in [0, 0.1) is 0 Å². The van der Waals surface area contributed by atoms with Crippen LogP contribution in [0.1, 0.15) is 58.9 Å². The molecule has 0 aliphatic heterocycles. The molecule has 1 fully saturated rings. The Balaban J connectivity index is 2.05. The zero-order valence-electron chi connectivity index (χ0n) is 18.1. The summed E-state index contributed by atoms with van der Waals surface area (Å²) in [6.07, 6.45) is 4.28. The Hall–Kier alpha value is -1.56. The lowest BCUT2D eigenvalue weighted by molar-refractivity contribution is 0.410. The summed E-state index contributed by atoms with van der Waals surface area (Å²) in [7, 11) is 0.984. The second-order valence-electron chi connectivity index (χ2n) is 8.11. The molecule has 1 saturated carbocycles. The van der Waals surface area contributed by atoms with E-state index in [0.29, 0.717) is 17.8 Å². The molecule has 3 unspecified atom stereocenters. The lowest BCUT2D eigenvalue weighted by Gasteiger charge is -2.31. The van der Waals surface area contributed by atoms with E-state index in [0.717, 1.165) is 49.7 Å². The van der Waals surface area contributed by atoms with Gasteiger partial charge in [-0.15, -0.1) is 0 Å². The smallest absolute Gasteiger partial charge is 0.191 e. The van der Waals surface area contributed by atoms with Crippen molar-refractivity contribution >= 4 is 16.8 Å². The number of hydrogen-bond acceptors (Lipinski definition) is 3. The number of guanidine groups is 1. The van der Waals surface area contributed by atoms with Gasteiger partial charge in [-0.1, -0.05) is 39.3 Å². The van der Waals surface area contributed by atoms with Crippen LogP contribution in [0.15, 0.2) is 29.3 Å². The van der Waals surface area contributed by atoms with Crippen molar-refractivity contribution in [3.8, 4) is 5.75 Å². The number of nitrogens with one attached hydrogen (secondary N) is 2. The minimum atomic E-state index is -0.711. The van der Waals surface area contributed by atoms with E-state index in [1.54, 1.807) is 7.11 Å². The van der Waals surface area contributed by atoms with Crippen molar-refractivity contribution in [3.63, 3.8) is 0 Å². The van der Waals surface area contributed by atoms with E-state index in [-0.39, 0.29) is 5.41 Å². The molecular formula is C22H37N3O2S. The molecule has 0 saturated heterocycles. The highest BCUT2D eigenvalue weighted by Crippen LogP contribution is 2.27. The van der Waals surface area contributed by atoms with E-state index in [4.69, 9.17) is 9.73 Å². The molecule has 0 amide bonds. The van der Waals surface area contributed by atoms with Crippen LogP contribution in [-0.4, -0.2) is 47.4 Å². The van der Waals surface area contributed by atoms with Crippen LogP contribution in [0.4, 0.5) is 0 Å². The van der Waals surface area contributed by atoms with Gasteiger partial charge in [-0.25, -0.2) is 0 Å². The second-order valence-corrected chi connectivity index (χ2v) is 10.1. The highest BCUT2D eigenvalue weighted by Gasteiger charge is 2.26. The standard InChI is InChI=1S/C22H37N3O2S/c1-6-23-21(25-18-11-9-13-20(15-18)28(26)7-2)24-16-22(3,4)17-10-8-12-19(14-17)27-5/h8,10,12,14,18,20H,6-7,9,11,13,15-16H2,1-5H3,(H2,23,24,25). The number of nitrogens with zero attached hydrogens (tertiary/aromatic N) is 1. The molecule has 1 aliphatic carbocycles. The summed E-state index contributed by atoms with van der Waals surface area (Å²) >= 11 is 0. The number of ether oxygens (including phenoxy) is 1. The summed E-state index contributed by atoms with van der Waals surface area (Å²) < 4.78 is 17.6. The predicted molar refractivity (Wildman–Crippen MR) is 120 cm³/mol. The summed E-state index contributed by atoms with van der Waals surface area (Å²) in [5.74, 6) is 2.48. The average Bonchev–Trinajstić information content (AvgIpc) is 2.72. The Labute approximate surface area is 173 Å². The Morgan fingerprint density at radius 2 is 2.11 bits per heavy atom. The van der Waals surface area contributed by atoms with Crippen molar-refractivity contribution in [1.82, 2.24) is 10.6 Å². The quantitative estimate of drug-likeness (QED) is 0.510. The van der Waals surface area contributed by atoms with E-state index in [1.165, 1.54) is 5.56 Å². The molecule has 158 valence electrons. The first-order valence-corrected chi connectivity index (χ1v) is 11.8. The number of rotatable bonds is 8. The van der Waals surface area contributed by atoms with Crippen LogP contribution in [0.2, 0.25) is 0 Å². The fraction of sp³-hybridized carbons (Fsp3) is 0.682. The molecule has 5 nitrogen and oxygen atoms in total. The first-order valence-electron chi connectivity index (χ1n) is 10.5. The van der Waals surface area contributed by atoms with Crippen LogP contribution >= 0.6 is 0 Å². The molecule has 0 bridgehead atoms. The number of methoxy groups -OCH3 is 1. The molecule has 0 spiro atoms. The Kier molecular flexibility index (Phi) is 8.80.